The van der Waals surface area contributed by atoms with E-state index in [4.69, 9.17) is 0 Å². The quantitative estimate of drug-likeness (QED) is 0.427. The summed E-state index contributed by atoms with van der Waals surface area (Å²) < 4.78 is 58.9. The minimum atomic E-state index is -2.91. The molecule has 1 aliphatic heterocycles. The smallest absolute Gasteiger partial charge is 0.260 e. The Morgan fingerprint density at radius 1 is 1.17 bits per heavy atom. The first-order chi connectivity index (χ1) is 13.7. The van der Waals surface area contributed by atoms with Crippen LogP contribution in [0.3, 0.4) is 0 Å². The highest BCUT2D eigenvalue weighted by molar-refractivity contribution is 9.10. The van der Waals surface area contributed by atoms with E-state index in [9.17, 15) is 17.6 Å². The Hall–Kier alpha value is -1.86. The summed E-state index contributed by atoms with van der Waals surface area (Å²) in [5, 5.41) is 0.457. The largest absolute Gasteiger partial charge is 0.356 e. The van der Waals surface area contributed by atoms with E-state index in [2.05, 4.69) is 20.9 Å². The van der Waals surface area contributed by atoms with Crippen molar-refractivity contribution in [2.45, 2.75) is 44.7 Å². The maximum atomic E-state index is 14.9. The first kappa shape index (κ1) is 20.4. The Bertz CT molecular complexity index is 1060. The van der Waals surface area contributed by atoms with Gasteiger partial charge < -0.3 is 4.98 Å². The van der Waals surface area contributed by atoms with Gasteiger partial charge in [0, 0.05) is 39.1 Å². The van der Waals surface area contributed by atoms with Crippen LogP contribution in [0.1, 0.15) is 43.1 Å². The van der Waals surface area contributed by atoms with E-state index in [0.29, 0.717) is 33.1 Å². The van der Waals surface area contributed by atoms with Crippen molar-refractivity contribution in [2.24, 2.45) is 0 Å². The van der Waals surface area contributed by atoms with Crippen LogP contribution in [0.2, 0.25) is 0 Å². The number of hydrogen-bond acceptors (Lipinski definition) is 1. The van der Waals surface area contributed by atoms with E-state index in [1.54, 1.807) is 29.2 Å². The summed E-state index contributed by atoms with van der Waals surface area (Å²) in [6.45, 7) is 2.77. The number of halogens is 5. The van der Waals surface area contributed by atoms with Crippen LogP contribution in [0.4, 0.5) is 17.6 Å². The molecule has 2 aromatic carbocycles. The average Bonchev–Trinajstić information content (AvgIpc) is 3.02. The van der Waals surface area contributed by atoms with Crippen molar-refractivity contribution in [1.29, 1.82) is 0 Å². The Kier molecular flexibility index (Phi) is 5.23. The lowest BCUT2D eigenvalue weighted by Gasteiger charge is -2.42. The van der Waals surface area contributed by atoms with Crippen LogP contribution in [0, 0.1) is 11.6 Å². The molecule has 0 spiro atoms. The first-order valence-corrected chi connectivity index (χ1v) is 10.4. The molecule has 2 heterocycles. The second-order valence-electron chi connectivity index (χ2n) is 7.68. The molecular formula is C22H21BrF4N2. The maximum Gasteiger partial charge on any atom is 0.260 e. The summed E-state index contributed by atoms with van der Waals surface area (Å²) >= 11 is 3.25. The van der Waals surface area contributed by atoms with Crippen LogP contribution in [-0.4, -0.2) is 28.4 Å². The zero-order valence-corrected chi connectivity index (χ0v) is 17.7. The van der Waals surface area contributed by atoms with Gasteiger partial charge in [0.15, 0.2) is 0 Å². The lowest BCUT2D eigenvalue weighted by molar-refractivity contribution is -0.0547. The van der Waals surface area contributed by atoms with Crippen LogP contribution in [0.25, 0.3) is 10.9 Å². The van der Waals surface area contributed by atoms with Crippen LogP contribution in [0.5, 0.6) is 0 Å². The Morgan fingerprint density at radius 3 is 2.62 bits per heavy atom. The van der Waals surface area contributed by atoms with Crippen molar-refractivity contribution < 1.29 is 17.6 Å². The fourth-order valence-electron chi connectivity index (χ4n) is 4.25. The van der Waals surface area contributed by atoms with E-state index < -0.39 is 24.3 Å². The Morgan fingerprint density at radius 2 is 1.93 bits per heavy atom. The molecule has 154 valence electrons. The third kappa shape index (κ3) is 3.59. The van der Waals surface area contributed by atoms with E-state index in [-0.39, 0.29) is 18.3 Å². The summed E-state index contributed by atoms with van der Waals surface area (Å²) in [6, 6.07) is 8.28. The molecule has 0 saturated heterocycles. The highest BCUT2D eigenvalue weighted by atomic mass is 79.9. The number of nitrogens with one attached hydrogen (secondary N) is 1. The number of aromatic nitrogens is 1. The van der Waals surface area contributed by atoms with Crippen LogP contribution < -0.4 is 0 Å². The molecule has 4 rings (SSSR count). The van der Waals surface area contributed by atoms with Crippen molar-refractivity contribution in [2.75, 3.05) is 6.54 Å². The van der Waals surface area contributed by atoms with E-state index in [1.807, 2.05) is 6.92 Å². The van der Waals surface area contributed by atoms with Gasteiger partial charge in [-0.15, -0.1) is 0 Å². The lowest BCUT2D eigenvalue weighted by atomic mass is 9.88. The number of aromatic amines is 1. The number of hydrogen-bond donors (Lipinski definition) is 1. The molecule has 7 heteroatoms. The molecule has 0 fully saturated rings. The van der Waals surface area contributed by atoms with Crippen molar-refractivity contribution in [3.8, 4) is 0 Å². The monoisotopic (exact) mass is 468 g/mol. The zero-order chi connectivity index (χ0) is 20.9. The number of benzene rings is 2. The molecule has 3 aromatic rings. The molecular weight excluding hydrogens is 448 g/mol. The SMILES string of the molecule is CCC(F)(F)CN1C(C)Cc2c([nH]c3cccc(F)c23)C1c1ccc(Br)cc1F. The third-order valence-electron chi connectivity index (χ3n) is 5.77. The van der Waals surface area contributed by atoms with Crippen LogP contribution >= 0.6 is 15.9 Å². The molecule has 0 radical (unpaired) electrons. The minimum Gasteiger partial charge on any atom is -0.356 e. The fraction of sp³-hybridized carbons (Fsp3) is 0.364. The summed E-state index contributed by atoms with van der Waals surface area (Å²) in [5.74, 6) is -3.77. The molecule has 0 aliphatic carbocycles. The van der Waals surface area contributed by atoms with E-state index in [1.165, 1.54) is 19.1 Å². The number of rotatable bonds is 4. The molecule has 2 nitrogen and oxygen atoms in total. The Balaban J connectivity index is 1.94. The molecule has 1 N–H and O–H groups in total. The van der Waals surface area contributed by atoms with Crippen LogP contribution in [-0.2, 0) is 6.42 Å². The van der Waals surface area contributed by atoms with Crippen molar-refractivity contribution in [1.82, 2.24) is 9.88 Å². The lowest BCUT2D eigenvalue weighted by Crippen LogP contribution is -2.48. The second-order valence-corrected chi connectivity index (χ2v) is 8.60. The third-order valence-corrected chi connectivity index (χ3v) is 6.26. The van der Waals surface area contributed by atoms with E-state index in [0.717, 1.165) is 5.56 Å². The molecule has 2 unspecified atom stereocenters. The van der Waals surface area contributed by atoms with E-state index >= 15 is 0 Å². The summed E-state index contributed by atoms with van der Waals surface area (Å²) in [4.78, 5) is 4.83. The van der Waals surface area contributed by atoms with Gasteiger partial charge in [-0.05, 0) is 43.2 Å². The minimum absolute atomic E-state index is 0.292. The maximum absolute atomic E-state index is 14.9. The van der Waals surface area contributed by atoms with Gasteiger partial charge in [0.2, 0.25) is 0 Å². The van der Waals surface area contributed by atoms with Gasteiger partial charge in [0.05, 0.1) is 12.6 Å². The molecule has 0 bridgehead atoms. The van der Waals surface area contributed by atoms with Gasteiger partial charge in [0.25, 0.3) is 5.92 Å². The Labute approximate surface area is 175 Å². The van der Waals surface area contributed by atoms with Gasteiger partial charge >= 0.3 is 0 Å². The zero-order valence-electron chi connectivity index (χ0n) is 16.1. The summed E-state index contributed by atoms with van der Waals surface area (Å²) in [7, 11) is 0. The number of alkyl halides is 2. The highest BCUT2D eigenvalue weighted by Crippen LogP contribution is 2.43. The molecule has 0 saturated carbocycles. The van der Waals surface area contributed by atoms with Gasteiger partial charge in [-0.2, -0.15) is 0 Å². The standard InChI is InChI=1S/C22H21BrF4N2/c1-3-22(26,27)11-29-12(2)9-15-19-16(24)5-4-6-18(19)28-20(15)21(29)14-8-7-13(23)10-17(14)25/h4-8,10,12,21,28H,3,9,11H2,1-2H3. The van der Waals surface area contributed by atoms with Crippen molar-refractivity contribution >= 4 is 26.8 Å². The predicted molar refractivity (Wildman–Crippen MR) is 109 cm³/mol. The van der Waals surface area contributed by atoms with Crippen LogP contribution in [0.15, 0.2) is 40.9 Å². The van der Waals surface area contributed by atoms with Gasteiger partial charge in [-0.1, -0.05) is 35.0 Å². The van der Waals surface area contributed by atoms with Gasteiger partial charge in [-0.3, -0.25) is 4.90 Å². The number of nitrogens with zero attached hydrogens (tertiary/aromatic N) is 1. The second kappa shape index (κ2) is 7.43. The van der Waals surface area contributed by atoms with Gasteiger partial charge in [0.1, 0.15) is 11.6 Å². The first-order valence-electron chi connectivity index (χ1n) is 9.59. The van der Waals surface area contributed by atoms with Crippen molar-refractivity contribution in [3.63, 3.8) is 0 Å². The molecule has 1 aromatic heterocycles. The highest BCUT2D eigenvalue weighted by Gasteiger charge is 2.42. The fourth-order valence-corrected chi connectivity index (χ4v) is 4.59. The predicted octanol–water partition coefficient (Wildman–Crippen LogP) is 6.59. The number of H-pyrrole nitrogens is 1. The van der Waals surface area contributed by atoms with Crippen molar-refractivity contribution in [3.05, 3.63) is 69.3 Å². The topological polar surface area (TPSA) is 19.0 Å². The summed E-state index contributed by atoms with van der Waals surface area (Å²) in [6.07, 6.45) is 0.102. The normalized spacial score (nSPS) is 20.2. The average molecular weight is 469 g/mol. The van der Waals surface area contributed by atoms with Gasteiger partial charge in [-0.25, -0.2) is 17.6 Å². The molecule has 29 heavy (non-hydrogen) atoms. The molecule has 1 aliphatic rings. The molecule has 2 atom stereocenters. The molecule has 0 amide bonds. The number of fused-ring (bicyclic) bond motifs is 3. The summed E-state index contributed by atoms with van der Waals surface area (Å²) in [5.41, 5.74) is 2.19.